The monoisotopic (exact) mass is 224 g/mol. The highest BCUT2D eigenvalue weighted by molar-refractivity contribution is 4.80. The molecule has 2 rings (SSSR count). The molecule has 1 saturated carbocycles. The van der Waals surface area contributed by atoms with Crippen molar-refractivity contribution in [2.45, 2.75) is 70.4 Å². The van der Waals surface area contributed by atoms with Crippen LogP contribution in [0.15, 0.2) is 0 Å². The largest absolute Gasteiger partial charge is 0.314 e. The fourth-order valence-corrected chi connectivity index (χ4v) is 2.71. The minimum atomic E-state index is 0.858. The minimum absolute atomic E-state index is 0.858. The third-order valence-corrected chi connectivity index (χ3v) is 4.07. The topological polar surface area (TPSA) is 15.3 Å². The molecule has 16 heavy (non-hydrogen) atoms. The molecule has 0 aromatic carbocycles. The van der Waals surface area contributed by atoms with Crippen LogP contribution in [0.5, 0.6) is 0 Å². The van der Waals surface area contributed by atoms with Crippen LogP contribution in [0.1, 0.15) is 58.3 Å². The van der Waals surface area contributed by atoms with Crippen LogP contribution < -0.4 is 5.32 Å². The number of rotatable bonds is 8. The molecule has 1 aliphatic heterocycles. The third-order valence-electron chi connectivity index (χ3n) is 4.07. The van der Waals surface area contributed by atoms with Crippen LogP contribution in [-0.2, 0) is 0 Å². The van der Waals surface area contributed by atoms with Crippen molar-refractivity contribution in [2.24, 2.45) is 0 Å². The molecule has 0 bridgehead atoms. The van der Waals surface area contributed by atoms with E-state index in [1.165, 1.54) is 71.0 Å². The fraction of sp³-hybridized carbons (Fsp3) is 1.00. The molecule has 0 amide bonds. The van der Waals surface area contributed by atoms with Crippen LogP contribution in [0.2, 0.25) is 0 Å². The lowest BCUT2D eigenvalue weighted by atomic mass is 10.2. The van der Waals surface area contributed by atoms with Crippen LogP contribution in [0.25, 0.3) is 0 Å². The summed E-state index contributed by atoms with van der Waals surface area (Å²) < 4.78 is 0. The van der Waals surface area contributed by atoms with Crippen molar-refractivity contribution in [1.29, 1.82) is 0 Å². The summed E-state index contributed by atoms with van der Waals surface area (Å²) in [6, 6.07) is 1.75. The van der Waals surface area contributed by atoms with Gasteiger partial charge in [0.05, 0.1) is 0 Å². The second-order valence-corrected chi connectivity index (χ2v) is 5.67. The lowest BCUT2D eigenvalue weighted by Gasteiger charge is -2.20. The van der Waals surface area contributed by atoms with E-state index < -0.39 is 0 Å². The number of unbranched alkanes of at least 4 members (excludes halogenated alkanes) is 3. The van der Waals surface area contributed by atoms with Gasteiger partial charge in [0.2, 0.25) is 0 Å². The summed E-state index contributed by atoms with van der Waals surface area (Å²) in [5, 5.41) is 3.59. The Labute approximate surface area is 101 Å². The molecular formula is C14H28N2. The Morgan fingerprint density at radius 2 is 1.88 bits per heavy atom. The highest BCUT2D eigenvalue weighted by atomic mass is 15.2. The fourth-order valence-electron chi connectivity index (χ4n) is 2.71. The second-order valence-electron chi connectivity index (χ2n) is 5.67. The predicted octanol–water partition coefficient (Wildman–Crippen LogP) is 2.78. The summed E-state index contributed by atoms with van der Waals surface area (Å²) in [5.41, 5.74) is 0. The lowest BCUT2D eigenvalue weighted by Crippen LogP contribution is -2.27. The minimum Gasteiger partial charge on any atom is -0.314 e. The highest BCUT2D eigenvalue weighted by Crippen LogP contribution is 2.19. The van der Waals surface area contributed by atoms with E-state index in [0.717, 1.165) is 12.1 Å². The predicted molar refractivity (Wildman–Crippen MR) is 69.8 cm³/mol. The van der Waals surface area contributed by atoms with Crippen LogP contribution in [-0.4, -0.2) is 36.6 Å². The van der Waals surface area contributed by atoms with Gasteiger partial charge in [-0.2, -0.15) is 0 Å². The standard InChI is InChI=1S/C14H28N2/c1-13-7-6-12-16(13)11-5-3-2-4-10-15-14-8-9-14/h13-15H,2-12H2,1H3. The molecule has 2 fully saturated rings. The number of nitrogens with one attached hydrogen (secondary N) is 1. The Balaban J connectivity index is 1.36. The number of likely N-dealkylation sites (tertiary alicyclic amines) is 1. The smallest absolute Gasteiger partial charge is 0.00682 e. The SMILES string of the molecule is CC1CCCN1CCCCCCNC1CC1. The van der Waals surface area contributed by atoms with Gasteiger partial charge in [-0.15, -0.1) is 0 Å². The number of nitrogens with zero attached hydrogens (tertiary/aromatic N) is 1. The zero-order chi connectivity index (χ0) is 11.2. The second kappa shape index (κ2) is 6.61. The molecule has 1 atom stereocenters. The first-order chi connectivity index (χ1) is 7.86. The molecule has 2 heteroatoms. The van der Waals surface area contributed by atoms with Crippen LogP contribution in [0, 0.1) is 0 Å². The van der Waals surface area contributed by atoms with Gasteiger partial charge in [-0.3, -0.25) is 0 Å². The van der Waals surface area contributed by atoms with Gasteiger partial charge in [0, 0.05) is 12.1 Å². The molecule has 0 radical (unpaired) electrons. The van der Waals surface area contributed by atoms with E-state index in [1.807, 2.05) is 0 Å². The summed E-state index contributed by atoms with van der Waals surface area (Å²) in [4.78, 5) is 2.67. The third kappa shape index (κ3) is 4.42. The van der Waals surface area contributed by atoms with Gasteiger partial charge < -0.3 is 10.2 Å². The van der Waals surface area contributed by atoms with Gasteiger partial charge >= 0.3 is 0 Å². The van der Waals surface area contributed by atoms with Crippen molar-refractivity contribution in [2.75, 3.05) is 19.6 Å². The molecule has 0 aromatic heterocycles. The van der Waals surface area contributed by atoms with E-state index in [0.29, 0.717) is 0 Å². The van der Waals surface area contributed by atoms with Crippen molar-refractivity contribution < 1.29 is 0 Å². The Morgan fingerprint density at radius 3 is 2.56 bits per heavy atom. The van der Waals surface area contributed by atoms with Crippen molar-refractivity contribution >= 4 is 0 Å². The van der Waals surface area contributed by atoms with Gasteiger partial charge in [-0.25, -0.2) is 0 Å². The van der Waals surface area contributed by atoms with Crippen molar-refractivity contribution in [3.05, 3.63) is 0 Å². The summed E-state index contributed by atoms with van der Waals surface area (Å²) in [5.74, 6) is 0. The average molecular weight is 224 g/mol. The summed E-state index contributed by atoms with van der Waals surface area (Å²) in [6.45, 7) is 6.33. The first-order valence-electron chi connectivity index (χ1n) is 7.33. The molecule has 2 nitrogen and oxygen atoms in total. The van der Waals surface area contributed by atoms with Crippen molar-refractivity contribution in [3.63, 3.8) is 0 Å². The summed E-state index contributed by atoms with van der Waals surface area (Å²) in [6.07, 6.45) is 11.3. The number of hydrogen-bond donors (Lipinski definition) is 1. The Morgan fingerprint density at radius 1 is 1.06 bits per heavy atom. The van der Waals surface area contributed by atoms with Gasteiger partial charge in [0.15, 0.2) is 0 Å². The number of hydrogen-bond acceptors (Lipinski definition) is 2. The molecule has 2 aliphatic rings. The van der Waals surface area contributed by atoms with E-state index in [4.69, 9.17) is 0 Å². The normalized spacial score (nSPS) is 26.4. The first-order valence-corrected chi connectivity index (χ1v) is 7.33. The zero-order valence-electron chi connectivity index (χ0n) is 10.9. The van der Waals surface area contributed by atoms with Crippen LogP contribution in [0.3, 0.4) is 0 Å². The van der Waals surface area contributed by atoms with E-state index in [1.54, 1.807) is 0 Å². The molecule has 1 heterocycles. The zero-order valence-corrected chi connectivity index (χ0v) is 10.9. The maximum atomic E-state index is 3.59. The van der Waals surface area contributed by atoms with Crippen LogP contribution >= 0.6 is 0 Å². The average Bonchev–Trinajstić information content (AvgIpc) is 3.01. The molecule has 94 valence electrons. The van der Waals surface area contributed by atoms with E-state index >= 15 is 0 Å². The molecule has 1 aliphatic carbocycles. The van der Waals surface area contributed by atoms with Gasteiger partial charge in [0.25, 0.3) is 0 Å². The van der Waals surface area contributed by atoms with Crippen LogP contribution in [0.4, 0.5) is 0 Å². The summed E-state index contributed by atoms with van der Waals surface area (Å²) in [7, 11) is 0. The molecule has 0 spiro atoms. The highest BCUT2D eigenvalue weighted by Gasteiger charge is 2.20. The van der Waals surface area contributed by atoms with Gasteiger partial charge in [-0.1, -0.05) is 12.8 Å². The molecule has 1 saturated heterocycles. The van der Waals surface area contributed by atoms with Gasteiger partial charge in [-0.05, 0) is 65.1 Å². The summed E-state index contributed by atoms with van der Waals surface area (Å²) >= 11 is 0. The van der Waals surface area contributed by atoms with Crippen molar-refractivity contribution in [1.82, 2.24) is 10.2 Å². The van der Waals surface area contributed by atoms with Gasteiger partial charge in [0.1, 0.15) is 0 Å². The molecule has 1 unspecified atom stereocenters. The molecule has 1 N–H and O–H groups in total. The van der Waals surface area contributed by atoms with E-state index in [2.05, 4.69) is 17.1 Å². The Kier molecular flexibility index (Phi) is 5.11. The van der Waals surface area contributed by atoms with E-state index in [-0.39, 0.29) is 0 Å². The lowest BCUT2D eigenvalue weighted by molar-refractivity contribution is 0.262. The Hall–Kier alpha value is -0.0800. The molecule has 0 aromatic rings. The Bertz CT molecular complexity index is 189. The first kappa shape index (κ1) is 12.4. The van der Waals surface area contributed by atoms with Crippen molar-refractivity contribution in [3.8, 4) is 0 Å². The maximum Gasteiger partial charge on any atom is 0.00682 e. The van der Waals surface area contributed by atoms with E-state index in [9.17, 15) is 0 Å². The maximum absolute atomic E-state index is 3.59. The molecular weight excluding hydrogens is 196 g/mol. The quantitative estimate of drug-likeness (QED) is 0.638.